The minimum Gasteiger partial charge on any atom is -0.481 e. The van der Waals surface area contributed by atoms with Gasteiger partial charge in [-0.2, -0.15) is 0 Å². The standard InChI is InChI=1S/C13H17NO4/c1-9(15)14-11-7-5-10(6-8-11)12(16)3-2-4-13(17)18/h5-8,12,16H,2-4H2,1H3,(H,14,15)(H,17,18). The highest BCUT2D eigenvalue weighted by Gasteiger charge is 2.08. The molecular formula is C13H17NO4. The van der Waals surface area contributed by atoms with Crippen LogP contribution in [0.3, 0.4) is 0 Å². The van der Waals surface area contributed by atoms with Crippen LogP contribution in [0, 0.1) is 0 Å². The summed E-state index contributed by atoms with van der Waals surface area (Å²) >= 11 is 0. The van der Waals surface area contributed by atoms with Crippen LogP contribution in [0.4, 0.5) is 5.69 Å². The molecule has 18 heavy (non-hydrogen) atoms. The Kier molecular flexibility index (Phi) is 5.32. The van der Waals surface area contributed by atoms with Gasteiger partial charge in [-0.15, -0.1) is 0 Å². The van der Waals surface area contributed by atoms with Gasteiger partial charge in [0.15, 0.2) is 0 Å². The lowest BCUT2D eigenvalue weighted by Gasteiger charge is -2.11. The molecule has 0 aliphatic carbocycles. The predicted octanol–water partition coefficient (Wildman–Crippen LogP) is 1.93. The van der Waals surface area contributed by atoms with E-state index in [-0.39, 0.29) is 12.3 Å². The summed E-state index contributed by atoms with van der Waals surface area (Å²) in [5.74, 6) is -1.01. The van der Waals surface area contributed by atoms with E-state index in [4.69, 9.17) is 5.11 Å². The zero-order valence-corrected chi connectivity index (χ0v) is 10.2. The highest BCUT2D eigenvalue weighted by Crippen LogP contribution is 2.21. The Morgan fingerprint density at radius 2 is 1.89 bits per heavy atom. The number of carbonyl (C=O) groups is 2. The third-order valence-electron chi connectivity index (χ3n) is 2.48. The average molecular weight is 251 g/mol. The molecule has 0 saturated carbocycles. The van der Waals surface area contributed by atoms with Gasteiger partial charge < -0.3 is 15.5 Å². The Labute approximate surface area is 105 Å². The number of aliphatic hydroxyl groups excluding tert-OH is 1. The smallest absolute Gasteiger partial charge is 0.303 e. The second-order valence-corrected chi connectivity index (χ2v) is 4.10. The fraction of sp³-hybridized carbons (Fsp3) is 0.385. The summed E-state index contributed by atoms with van der Waals surface area (Å²) in [6.07, 6.45) is 0.229. The van der Waals surface area contributed by atoms with Gasteiger partial charge in [-0.25, -0.2) is 0 Å². The van der Waals surface area contributed by atoms with Crippen LogP contribution in [-0.2, 0) is 9.59 Å². The van der Waals surface area contributed by atoms with Crippen molar-refractivity contribution in [3.8, 4) is 0 Å². The van der Waals surface area contributed by atoms with Crippen molar-refractivity contribution < 1.29 is 19.8 Å². The first kappa shape index (κ1) is 14.2. The number of carboxylic acid groups (broad SMARTS) is 1. The van der Waals surface area contributed by atoms with E-state index in [1.165, 1.54) is 6.92 Å². The van der Waals surface area contributed by atoms with Gasteiger partial charge in [0.2, 0.25) is 5.91 Å². The maximum absolute atomic E-state index is 10.8. The van der Waals surface area contributed by atoms with E-state index in [0.29, 0.717) is 18.5 Å². The Morgan fingerprint density at radius 3 is 2.39 bits per heavy atom. The van der Waals surface area contributed by atoms with Crippen LogP contribution in [0.2, 0.25) is 0 Å². The van der Waals surface area contributed by atoms with E-state index in [0.717, 1.165) is 5.56 Å². The molecule has 0 radical (unpaired) electrons. The Bertz CT molecular complexity index is 414. The zero-order chi connectivity index (χ0) is 13.5. The molecular weight excluding hydrogens is 234 g/mol. The van der Waals surface area contributed by atoms with Crippen LogP contribution in [0.1, 0.15) is 37.9 Å². The first-order chi connectivity index (χ1) is 8.49. The molecule has 1 rings (SSSR count). The number of anilines is 1. The minimum absolute atomic E-state index is 0.0566. The number of aliphatic hydroxyl groups is 1. The fourth-order valence-electron chi connectivity index (χ4n) is 1.61. The SMILES string of the molecule is CC(=O)Nc1ccc(C(O)CCCC(=O)O)cc1. The van der Waals surface area contributed by atoms with Crippen molar-refractivity contribution in [3.05, 3.63) is 29.8 Å². The monoisotopic (exact) mass is 251 g/mol. The molecule has 0 heterocycles. The average Bonchev–Trinajstić information content (AvgIpc) is 2.28. The van der Waals surface area contributed by atoms with Crippen molar-refractivity contribution in [2.75, 3.05) is 5.32 Å². The lowest BCUT2D eigenvalue weighted by atomic mass is 10.0. The Hall–Kier alpha value is -1.88. The van der Waals surface area contributed by atoms with Crippen molar-refractivity contribution in [1.29, 1.82) is 0 Å². The largest absolute Gasteiger partial charge is 0.481 e. The summed E-state index contributed by atoms with van der Waals surface area (Å²) in [6, 6.07) is 6.85. The molecule has 0 fully saturated rings. The van der Waals surface area contributed by atoms with Crippen LogP contribution in [-0.4, -0.2) is 22.1 Å². The van der Waals surface area contributed by atoms with Crippen LogP contribution in [0.15, 0.2) is 24.3 Å². The molecule has 0 aliphatic rings. The number of amides is 1. The van der Waals surface area contributed by atoms with Gasteiger partial charge in [0, 0.05) is 19.0 Å². The van der Waals surface area contributed by atoms with Crippen molar-refractivity contribution in [2.24, 2.45) is 0 Å². The Balaban J connectivity index is 2.50. The van der Waals surface area contributed by atoms with Gasteiger partial charge in [0.25, 0.3) is 0 Å². The summed E-state index contributed by atoms with van der Waals surface area (Å²) in [5.41, 5.74) is 1.39. The zero-order valence-electron chi connectivity index (χ0n) is 10.2. The molecule has 3 N–H and O–H groups in total. The van der Waals surface area contributed by atoms with Crippen molar-refractivity contribution >= 4 is 17.6 Å². The third-order valence-corrected chi connectivity index (χ3v) is 2.48. The highest BCUT2D eigenvalue weighted by molar-refractivity contribution is 5.88. The quantitative estimate of drug-likeness (QED) is 0.721. The molecule has 1 aromatic carbocycles. The highest BCUT2D eigenvalue weighted by atomic mass is 16.4. The number of benzene rings is 1. The molecule has 0 bridgehead atoms. The van der Waals surface area contributed by atoms with Gasteiger partial charge in [-0.05, 0) is 30.5 Å². The molecule has 98 valence electrons. The lowest BCUT2D eigenvalue weighted by molar-refractivity contribution is -0.137. The molecule has 5 nitrogen and oxygen atoms in total. The van der Waals surface area contributed by atoms with E-state index in [1.807, 2.05) is 0 Å². The molecule has 1 amide bonds. The molecule has 5 heteroatoms. The van der Waals surface area contributed by atoms with Gasteiger partial charge in [0.1, 0.15) is 0 Å². The van der Waals surface area contributed by atoms with Gasteiger partial charge >= 0.3 is 5.97 Å². The molecule has 1 unspecified atom stereocenters. The van der Waals surface area contributed by atoms with Crippen molar-refractivity contribution in [1.82, 2.24) is 0 Å². The van der Waals surface area contributed by atoms with Gasteiger partial charge in [0.05, 0.1) is 6.10 Å². The van der Waals surface area contributed by atoms with E-state index in [9.17, 15) is 14.7 Å². The first-order valence-corrected chi connectivity index (χ1v) is 5.76. The van der Waals surface area contributed by atoms with Gasteiger partial charge in [-0.3, -0.25) is 9.59 Å². The van der Waals surface area contributed by atoms with Crippen molar-refractivity contribution in [3.63, 3.8) is 0 Å². The molecule has 0 saturated heterocycles. The fourth-order valence-corrected chi connectivity index (χ4v) is 1.61. The maximum atomic E-state index is 10.8. The van der Waals surface area contributed by atoms with E-state index in [2.05, 4.69) is 5.32 Å². The number of hydrogen-bond donors (Lipinski definition) is 3. The van der Waals surface area contributed by atoms with Crippen LogP contribution in [0.5, 0.6) is 0 Å². The van der Waals surface area contributed by atoms with E-state index < -0.39 is 12.1 Å². The summed E-state index contributed by atoms with van der Waals surface area (Å²) in [6.45, 7) is 1.43. The number of carbonyl (C=O) groups excluding carboxylic acids is 1. The number of hydrogen-bond acceptors (Lipinski definition) is 3. The number of rotatable bonds is 6. The first-order valence-electron chi connectivity index (χ1n) is 5.76. The Morgan fingerprint density at radius 1 is 1.28 bits per heavy atom. The lowest BCUT2D eigenvalue weighted by Crippen LogP contribution is -2.06. The topological polar surface area (TPSA) is 86.6 Å². The minimum atomic E-state index is -0.858. The van der Waals surface area contributed by atoms with E-state index in [1.54, 1.807) is 24.3 Å². The summed E-state index contributed by atoms with van der Waals surface area (Å²) in [7, 11) is 0. The number of carboxylic acids is 1. The number of aliphatic carboxylic acids is 1. The third kappa shape index (κ3) is 4.97. The molecule has 0 spiro atoms. The maximum Gasteiger partial charge on any atom is 0.303 e. The number of nitrogens with one attached hydrogen (secondary N) is 1. The molecule has 1 aromatic rings. The second-order valence-electron chi connectivity index (χ2n) is 4.10. The normalized spacial score (nSPS) is 11.9. The second kappa shape index (κ2) is 6.76. The molecule has 0 aliphatic heterocycles. The van der Waals surface area contributed by atoms with Crippen LogP contribution >= 0.6 is 0 Å². The van der Waals surface area contributed by atoms with E-state index >= 15 is 0 Å². The summed E-state index contributed by atoms with van der Waals surface area (Å²) in [5, 5.41) is 21.0. The van der Waals surface area contributed by atoms with Crippen molar-refractivity contribution in [2.45, 2.75) is 32.3 Å². The van der Waals surface area contributed by atoms with Gasteiger partial charge in [-0.1, -0.05) is 12.1 Å². The molecule has 1 atom stereocenters. The van der Waals surface area contributed by atoms with Crippen LogP contribution in [0.25, 0.3) is 0 Å². The summed E-state index contributed by atoms with van der Waals surface area (Å²) in [4.78, 5) is 21.2. The molecule has 0 aromatic heterocycles. The predicted molar refractivity (Wildman–Crippen MR) is 67.2 cm³/mol. The van der Waals surface area contributed by atoms with Crippen LogP contribution < -0.4 is 5.32 Å². The summed E-state index contributed by atoms with van der Waals surface area (Å²) < 4.78 is 0.